The Bertz CT molecular complexity index is 2300. The summed E-state index contributed by atoms with van der Waals surface area (Å²) in [6, 6.07) is 35.6. The summed E-state index contributed by atoms with van der Waals surface area (Å²) in [4.78, 5) is 8.45. The number of nitrogens with zero attached hydrogens (tertiary/aromatic N) is 3. The summed E-state index contributed by atoms with van der Waals surface area (Å²) >= 11 is 3.83. The highest BCUT2D eigenvalue weighted by atomic mass is 32.1. The number of rotatable bonds is 1. The standard InChI is InChI=1S/C34H19N3S2/c1-2-8-19(9-3-1)36-25-15-14-21-20-10-4-6-12-24(20)37-31(21)29(25)30(28-22-16-17-35-18-27(22)39-34(28)37)33-32(36)23-11-5-7-13-26(23)38-33/h1-18,30H. The lowest BCUT2D eigenvalue weighted by Gasteiger charge is -2.39. The van der Waals surface area contributed by atoms with Gasteiger partial charge in [0.05, 0.1) is 33.0 Å². The van der Waals surface area contributed by atoms with E-state index in [2.05, 4.69) is 112 Å². The van der Waals surface area contributed by atoms with Crippen molar-refractivity contribution < 1.29 is 0 Å². The number of thiophene rings is 2. The predicted octanol–water partition coefficient (Wildman–Crippen LogP) is 9.88. The summed E-state index contributed by atoms with van der Waals surface area (Å²) in [6.45, 7) is 0. The fraction of sp³-hybridized carbons (Fsp3) is 0.0294. The highest BCUT2D eigenvalue weighted by Crippen LogP contribution is 2.63. The summed E-state index contributed by atoms with van der Waals surface area (Å²) in [6.07, 6.45) is 3.99. The number of hydrogen-bond donors (Lipinski definition) is 0. The van der Waals surface area contributed by atoms with Gasteiger partial charge in [-0.05, 0) is 36.4 Å². The largest absolute Gasteiger partial charge is 0.308 e. The van der Waals surface area contributed by atoms with Gasteiger partial charge in [0.15, 0.2) is 0 Å². The van der Waals surface area contributed by atoms with Crippen molar-refractivity contribution in [2.45, 2.75) is 5.92 Å². The van der Waals surface area contributed by atoms with Crippen molar-refractivity contribution in [3.8, 4) is 5.00 Å². The average Bonchev–Trinajstić information content (AvgIpc) is 3.67. The zero-order valence-electron chi connectivity index (χ0n) is 20.6. The molecule has 0 fully saturated rings. The van der Waals surface area contributed by atoms with Crippen LogP contribution in [0, 0.1) is 0 Å². The third-order valence-corrected chi connectivity index (χ3v) is 10.8. The molecule has 1 unspecified atom stereocenters. The van der Waals surface area contributed by atoms with Crippen LogP contribution >= 0.6 is 22.7 Å². The molecule has 0 spiro atoms. The first-order valence-electron chi connectivity index (χ1n) is 13.2. The fourth-order valence-corrected chi connectivity index (χ4v) is 9.55. The molecule has 2 aliphatic heterocycles. The van der Waals surface area contributed by atoms with E-state index in [1.807, 2.05) is 35.1 Å². The molecule has 5 heteroatoms. The van der Waals surface area contributed by atoms with Gasteiger partial charge >= 0.3 is 0 Å². The number of anilines is 3. The molecule has 0 N–H and O–H groups in total. The summed E-state index contributed by atoms with van der Waals surface area (Å²) < 4.78 is 5.12. The maximum atomic E-state index is 4.51. The minimum atomic E-state index is 0.166. The van der Waals surface area contributed by atoms with Crippen molar-refractivity contribution >= 4 is 81.7 Å². The second kappa shape index (κ2) is 7.14. The van der Waals surface area contributed by atoms with E-state index in [0.29, 0.717) is 0 Å². The fourth-order valence-electron chi connectivity index (χ4n) is 7.02. The average molecular weight is 534 g/mol. The molecule has 0 aliphatic carbocycles. The molecule has 0 bridgehead atoms. The van der Waals surface area contributed by atoms with Crippen LogP contribution in [-0.2, 0) is 0 Å². The molecule has 2 aliphatic rings. The molecular weight excluding hydrogens is 515 g/mol. The zero-order chi connectivity index (χ0) is 25.2. The van der Waals surface area contributed by atoms with Crippen molar-refractivity contribution in [1.29, 1.82) is 0 Å². The molecule has 8 aromatic rings. The van der Waals surface area contributed by atoms with E-state index >= 15 is 0 Å². The van der Waals surface area contributed by atoms with Crippen molar-refractivity contribution in [3.05, 3.63) is 125 Å². The van der Waals surface area contributed by atoms with Crippen LogP contribution in [0.25, 0.3) is 47.0 Å². The number of pyridine rings is 1. The first-order valence-corrected chi connectivity index (χ1v) is 14.8. The summed E-state index contributed by atoms with van der Waals surface area (Å²) in [5.74, 6) is 0.166. The monoisotopic (exact) mass is 533 g/mol. The van der Waals surface area contributed by atoms with E-state index in [0.717, 1.165) is 0 Å². The number of benzene rings is 4. The maximum absolute atomic E-state index is 4.51. The Morgan fingerprint density at radius 1 is 0.641 bits per heavy atom. The van der Waals surface area contributed by atoms with E-state index in [-0.39, 0.29) is 5.92 Å². The summed E-state index contributed by atoms with van der Waals surface area (Å²) in [5, 5.41) is 6.60. The highest BCUT2D eigenvalue weighted by molar-refractivity contribution is 7.22. The van der Waals surface area contributed by atoms with Crippen LogP contribution in [0.3, 0.4) is 0 Å². The summed E-state index contributed by atoms with van der Waals surface area (Å²) in [5.41, 5.74) is 9.24. The molecular formula is C34H19N3S2. The number of aromatic nitrogens is 2. The van der Waals surface area contributed by atoms with Crippen molar-refractivity contribution in [1.82, 2.24) is 9.55 Å². The minimum Gasteiger partial charge on any atom is -0.308 e. The molecule has 6 heterocycles. The van der Waals surface area contributed by atoms with Crippen LogP contribution < -0.4 is 4.90 Å². The van der Waals surface area contributed by atoms with Crippen LogP contribution in [0.4, 0.5) is 17.1 Å². The Hall–Kier alpha value is -4.45. The van der Waals surface area contributed by atoms with Crippen molar-refractivity contribution in [2.75, 3.05) is 4.90 Å². The third kappa shape index (κ3) is 2.42. The molecule has 4 aromatic heterocycles. The quantitative estimate of drug-likeness (QED) is 0.209. The number of fused-ring (bicyclic) bond motifs is 12. The predicted molar refractivity (Wildman–Crippen MR) is 165 cm³/mol. The Morgan fingerprint density at radius 3 is 2.38 bits per heavy atom. The second-order valence-electron chi connectivity index (χ2n) is 10.4. The molecule has 0 saturated carbocycles. The molecule has 10 rings (SSSR count). The van der Waals surface area contributed by atoms with Crippen LogP contribution in [0.15, 0.2) is 109 Å². The molecule has 3 nitrogen and oxygen atoms in total. The summed E-state index contributed by atoms with van der Waals surface area (Å²) in [7, 11) is 0. The van der Waals surface area contributed by atoms with Gasteiger partial charge in [0, 0.05) is 60.3 Å². The SMILES string of the molecule is c1ccc(N2c3ccc4c5ccccc5n5c4c3C(c3sc4ccccc4c32)c2c-5sc3cnccc23)cc1. The lowest BCUT2D eigenvalue weighted by atomic mass is 9.81. The Labute approximate surface area is 231 Å². The zero-order valence-corrected chi connectivity index (χ0v) is 22.3. The van der Waals surface area contributed by atoms with Gasteiger partial charge in [-0.3, -0.25) is 9.55 Å². The molecule has 0 radical (unpaired) electrons. The minimum absolute atomic E-state index is 0.166. The topological polar surface area (TPSA) is 21.1 Å². The lowest BCUT2D eigenvalue weighted by molar-refractivity contribution is 0.942. The molecule has 0 amide bonds. The first kappa shape index (κ1) is 20.5. The van der Waals surface area contributed by atoms with Gasteiger partial charge in [-0.15, -0.1) is 22.7 Å². The first-order chi connectivity index (χ1) is 19.4. The molecule has 0 saturated heterocycles. The second-order valence-corrected chi connectivity index (χ2v) is 12.5. The van der Waals surface area contributed by atoms with E-state index in [9.17, 15) is 0 Å². The van der Waals surface area contributed by atoms with Crippen molar-refractivity contribution in [3.63, 3.8) is 0 Å². The smallest absolute Gasteiger partial charge is 0.106 e. The van der Waals surface area contributed by atoms with Gasteiger partial charge in [-0.25, -0.2) is 0 Å². The van der Waals surface area contributed by atoms with E-state index in [1.165, 1.54) is 80.0 Å². The highest BCUT2D eigenvalue weighted by Gasteiger charge is 2.43. The maximum Gasteiger partial charge on any atom is 0.106 e. The Balaban J connectivity index is 1.47. The van der Waals surface area contributed by atoms with Crippen molar-refractivity contribution in [2.24, 2.45) is 0 Å². The van der Waals surface area contributed by atoms with Crippen LogP contribution in [0.5, 0.6) is 0 Å². The van der Waals surface area contributed by atoms with Crippen LogP contribution in [-0.4, -0.2) is 9.55 Å². The Morgan fingerprint density at radius 2 is 1.46 bits per heavy atom. The van der Waals surface area contributed by atoms with Gasteiger partial charge in [-0.2, -0.15) is 0 Å². The Kier molecular flexibility index (Phi) is 3.75. The molecule has 39 heavy (non-hydrogen) atoms. The van der Waals surface area contributed by atoms with E-state index < -0.39 is 0 Å². The van der Waals surface area contributed by atoms with E-state index in [1.54, 1.807) is 0 Å². The van der Waals surface area contributed by atoms with Gasteiger partial charge in [0.25, 0.3) is 0 Å². The molecule has 4 aromatic carbocycles. The van der Waals surface area contributed by atoms with Gasteiger partial charge in [0.2, 0.25) is 0 Å². The van der Waals surface area contributed by atoms with Crippen LogP contribution in [0.2, 0.25) is 0 Å². The van der Waals surface area contributed by atoms with Gasteiger partial charge < -0.3 is 4.90 Å². The normalized spacial score (nSPS) is 15.4. The molecule has 1 atom stereocenters. The number of hydrogen-bond acceptors (Lipinski definition) is 4. The van der Waals surface area contributed by atoms with Gasteiger partial charge in [0.1, 0.15) is 5.00 Å². The van der Waals surface area contributed by atoms with Crippen LogP contribution in [0.1, 0.15) is 21.9 Å². The molecule has 182 valence electrons. The van der Waals surface area contributed by atoms with E-state index in [4.69, 9.17) is 0 Å². The number of para-hydroxylation sites is 2. The lowest BCUT2D eigenvalue weighted by Crippen LogP contribution is -2.24. The third-order valence-electron chi connectivity index (χ3n) is 8.48. The van der Waals surface area contributed by atoms with Gasteiger partial charge in [-0.1, -0.05) is 60.7 Å².